The third-order valence-corrected chi connectivity index (χ3v) is 3.32. The summed E-state index contributed by atoms with van der Waals surface area (Å²) in [6.45, 7) is 5.77. The molecular formula is C18H22O4. The molecule has 4 heteroatoms. The van der Waals surface area contributed by atoms with Gasteiger partial charge in [0.05, 0.1) is 12.7 Å². The maximum atomic E-state index is 11.7. The number of fused-ring (bicyclic) bond motifs is 1. The van der Waals surface area contributed by atoms with Gasteiger partial charge in [-0.2, -0.15) is 0 Å². The predicted octanol–water partition coefficient (Wildman–Crippen LogP) is 3.21. The van der Waals surface area contributed by atoms with Crippen LogP contribution in [-0.4, -0.2) is 36.3 Å². The Kier molecular flexibility index (Phi) is 5.52. The van der Waals surface area contributed by atoms with E-state index in [1.807, 2.05) is 38.1 Å². The van der Waals surface area contributed by atoms with Crippen molar-refractivity contribution in [1.29, 1.82) is 0 Å². The van der Waals surface area contributed by atoms with E-state index in [0.717, 1.165) is 10.8 Å². The highest BCUT2D eigenvalue weighted by Crippen LogP contribution is 2.29. The molecule has 0 fully saturated rings. The predicted molar refractivity (Wildman–Crippen MR) is 86.5 cm³/mol. The van der Waals surface area contributed by atoms with Crippen molar-refractivity contribution in [2.45, 2.75) is 33.0 Å². The largest absolute Gasteiger partial charge is 0.490 e. The van der Waals surface area contributed by atoms with Crippen LogP contribution in [0, 0.1) is 0 Å². The van der Waals surface area contributed by atoms with E-state index in [1.165, 1.54) is 0 Å². The Morgan fingerprint density at radius 2 is 1.77 bits per heavy atom. The zero-order chi connectivity index (χ0) is 16.1. The number of rotatable bonds is 7. The molecule has 2 rings (SSSR count). The highest BCUT2D eigenvalue weighted by molar-refractivity contribution is 6.08. The molecule has 0 radical (unpaired) electrons. The van der Waals surface area contributed by atoms with E-state index in [2.05, 4.69) is 0 Å². The average Bonchev–Trinajstić information content (AvgIpc) is 2.50. The molecule has 0 aliphatic rings. The van der Waals surface area contributed by atoms with Crippen molar-refractivity contribution in [2.75, 3.05) is 13.2 Å². The number of aliphatic hydroxyl groups is 1. The lowest BCUT2D eigenvalue weighted by atomic mass is 10.0. The lowest BCUT2D eigenvalue weighted by Crippen LogP contribution is -2.25. The van der Waals surface area contributed by atoms with E-state index in [-0.39, 0.29) is 25.1 Å². The van der Waals surface area contributed by atoms with Gasteiger partial charge in [0.25, 0.3) is 0 Å². The van der Waals surface area contributed by atoms with Crippen LogP contribution in [0.2, 0.25) is 0 Å². The van der Waals surface area contributed by atoms with Crippen LogP contribution in [0.4, 0.5) is 0 Å². The molecule has 0 amide bonds. The molecule has 2 aromatic rings. The molecule has 4 nitrogen and oxygen atoms in total. The number of aliphatic hydroxyl groups excluding tert-OH is 1. The monoisotopic (exact) mass is 302 g/mol. The molecule has 0 saturated heterocycles. The summed E-state index contributed by atoms with van der Waals surface area (Å²) < 4.78 is 11.1. The van der Waals surface area contributed by atoms with Gasteiger partial charge in [0.2, 0.25) is 0 Å². The lowest BCUT2D eigenvalue weighted by molar-refractivity contribution is -0.0120. The van der Waals surface area contributed by atoms with Crippen LogP contribution in [0.25, 0.3) is 10.8 Å². The highest BCUT2D eigenvalue weighted by Gasteiger charge is 2.12. The molecule has 1 atom stereocenters. The second-order valence-electron chi connectivity index (χ2n) is 5.56. The molecular weight excluding hydrogens is 280 g/mol. The Bertz CT molecular complexity index is 649. The van der Waals surface area contributed by atoms with Crippen LogP contribution in [0.15, 0.2) is 36.4 Å². The van der Waals surface area contributed by atoms with E-state index in [9.17, 15) is 9.90 Å². The number of carbonyl (C=O) groups is 1. The van der Waals surface area contributed by atoms with Crippen molar-refractivity contribution >= 4 is 16.6 Å². The summed E-state index contributed by atoms with van der Waals surface area (Å²) in [7, 11) is 0. The van der Waals surface area contributed by atoms with Crippen molar-refractivity contribution < 1.29 is 19.4 Å². The fourth-order valence-corrected chi connectivity index (χ4v) is 2.24. The highest BCUT2D eigenvalue weighted by atomic mass is 16.5. The first-order valence-corrected chi connectivity index (χ1v) is 7.44. The summed E-state index contributed by atoms with van der Waals surface area (Å²) in [6, 6.07) is 11.1. The summed E-state index contributed by atoms with van der Waals surface area (Å²) in [6.07, 6.45) is -0.612. The summed E-state index contributed by atoms with van der Waals surface area (Å²) in [5.41, 5.74) is 0.673. The summed E-state index contributed by atoms with van der Waals surface area (Å²) in [5, 5.41) is 11.6. The quantitative estimate of drug-likeness (QED) is 0.798. The van der Waals surface area contributed by atoms with Crippen LogP contribution in [0.3, 0.4) is 0 Å². The normalized spacial score (nSPS) is 12.6. The third-order valence-electron chi connectivity index (χ3n) is 3.32. The maximum absolute atomic E-state index is 11.7. The summed E-state index contributed by atoms with van der Waals surface area (Å²) in [4.78, 5) is 11.7. The first-order valence-electron chi connectivity index (χ1n) is 7.44. The molecule has 0 spiro atoms. The molecule has 118 valence electrons. The number of hydrogen-bond acceptors (Lipinski definition) is 4. The van der Waals surface area contributed by atoms with Crippen LogP contribution in [0.1, 0.15) is 31.1 Å². The summed E-state index contributed by atoms with van der Waals surface area (Å²) in [5.74, 6) is 0.678. The first-order chi connectivity index (χ1) is 10.5. The van der Waals surface area contributed by atoms with Crippen molar-refractivity contribution in [3.63, 3.8) is 0 Å². The molecule has 22 heavy (non-hydrogen) atoms. The molecule has 0 aromatic heterocycles. The first kappa shape index (κ1) is 16.5. The molecule has 0 aliphatic heterocycles. The number of ketones is 1. The van der Waals surface area contributed by atoms with Gasteiger partial charge in [-0.15, -0.1) is 0 Å². The topological polar surface area (TPSA) is 55.8 Å². The second kappa shape index (κ2) is 7.38. The van der Waals surface area contributed by atoms with Crippen LogP contribution < -0.4 is 4.74 Å². The van der Waals surface area contributed by atoms with Gasteiger partial charge in [-0.3, -0.25) is 4.79 Å². The van der Waals surface area contributed by atoms with Crippen LogP contribution in [-0.2, 0) is 4.74 Å². The van der Waals surface area contributed by atoms with Crippen LogP contribution in [0.5, 0.6) is 5.75 Å². The van der Waals surface area contributed by atoms with Gasteiger partial charge >= 0.3 is 0 Å². The zero-order valence-electron chi connectivity index (χ0n) is 13.2. The standard InChI is InChI=1S/C18H22O4/c1-12(2)21-10-14(20)11-22-18-9-8-15(13(3)19)16-6-4-5-7-17(16)18/h4-9,12,14,20H,10-11H2,1-3H3/t14-/m1/s1. The molecule has 2 aromatic carbocycles. The Balaban J connectivity index is 2.15. The number of Topliss-reactive ketones (excluding diaryl/α,β-unsaturated/α-hetero) is 1. The van der Waals surface area contributed by atoms with Gasteiger partial charge in [0.1, 0.15) is 18.5 Å². The van der Waals surface area contributed by atoms with E-state index < -0.39 is 6.10 Å². The fraction of sp³-hybridized carbons (Fsp3) is 0.389. The van der Waals surface area contributed by atoms with Crippen LogP contribution >= 0.6 is 0 Å². The minimum Gasteiger partial charge on any atom is -0.490 e. The maximum Gasteiger partial charge on any atom is 0.160 e. The van der Waals surface area contributed by atoms with Crippen molar-refractivity contribution in [2.24, 2.45) is 0 Å². The van der Waals surface area contributed by atoms with Gasteiger partial charge in [-0.05, 0) is 38.3 Å². The number of benzene rings is 2. The number of carbonyl (C=O) groups excluding carboxylic acids is 1. The molecule has 0 unspecified atom stereocenters. The zero-order valence-corrected chi connectivity index (χ0v) is 13.2. The molecule has 0 heterocycles. The SMILES string of the molecule is CC(=O)c1ccc(OC[C@H](O)COC(C)C)c2ccccc12. The second-order valence-corrected chi connectivity index (χ2v) is 5.56. The van der Waals surface area contributed by atoms with Crippen molar-refractivity contribution in [1.82, 2.24) is 0 Å². The summed E-state index contributed by atoms with van der Waals surface area (Å²) >= 11 is 0. The Labute approximate surface area is 130 Å². The minimum absolute atomic E-state index is 0.0214. The van der Waals surface area contributed by atoms with E-state index in [4.69, 9.17) is 9.47 Å². The third kappa shape index (κ3) is 4.06. The van der Waals surface area contributed by atoms with Crippen molar-refractivity contribution in [3.05, 3.63) is 42.0 Å². The number of hydrogen-bond donors (Lipinski definition) is 1. The van der Waals surface area contributed by atoms with Gasteiger partial charge in [0, 0.05) is 10.9 Å². The van der Waals surface area contributed by atoms with Gasteiger partial charge in [0.15, 0.2) is 5.78 Å². The number of ether oxygens (including phenoxy) is 2. The van der Waals surface area contributed by atoms with Gasteiger partial charge in [-0.25, -0.2) is 0 Å². The molecule has 0 saturated carbocycles. The Morgan fingerprint density at radius 3 is 2.41 bits per heavy atom. The lowest BCUT2D eigenvalue weighted by Gasteiger charge is -2.16. The molecule has 1 N–H and O–H groups in total. The Morgan fingerprint density at radius 1 is 1.09 bits per heavy atom. The Hall–Kier alpha value is -1.91. The molecule has 0 bridgehead atoms. The van der Waals surface area contributed by atoms with Crippen molar-refractivity contribution in [3.8, 4) is 5.75 Å². The van der Waals surface area contributed by atoms with E-state index in [0.29, 0.717) is 11.3 Å². The smallest absolute Gasteiger partial charge is 0.160 e. The minimum atomic E-state index is -0.686. The van der Waals surface area contributed by atoms with E-state index in [1.54, 1.807) is 19.1 Å². The van der Waals surface area contributed by atoms with Gasteiger partial charge < -0.3 is 14.6 Å². The van der Waals surface area contributed by atoms with E-state index >= 15 is 0 Å². The van der Waals surface area contributed by atoms with Gasteiger partial charge in [-0.1, -0.05) is 24.3 Å². The molecule has 0 aliphatic carbocycles. The fourth-order valence-electron chi connectivity index (χ4n) is 2.24. The average molecular weight is 302 g/mol.